The number of nitro benzene ring substituents is 1. The molecule has 0 unspecified atom stereocenters. The van der Waals surface area contributed by atoms with Crippen molar-refractivity contribution < 1.29 is 13.3 Å². The van der Waals surface area contributed by atoms with E-state index in [4.69, 9.17) is 0 Å². The van der Waals surface area contributed by atoms with E-state index in [9.17, 15) is 23.8 Å². The van der Waals surface area contributed by atoms with Gasteiger partial charge in [0, 0.05) is 24.0 Å². The van der Waals surface area contributed by atoms with Crippen molar-refractivity contribution >= 4 is 26.8 Å². The van der Waals surface area contributed by atoms with Crippen molar-refractivity contribution in [1.29, 1.82) is 5.26 Å². The Labute approximate surface area is 164 Å². The molecule has 0 aliphatic rings. The molecule has 2 N–H and O–H groups in total. The van der Waals surface area contributed by atoms with Crippen LogP contribution in [0.2, 0.25) is 0 Å². The molecule has 12 heteroatoms. The number of allylic oxidation sites excluding steroid dienone is 1. The first-order valence-electron chi connectivity index (χ1n) is 8.06. The molecule has 3 aromatic rings. The lowest BCUT2D eigenvalue weighted by Gasteiger charge is -2.08. The van der Waals surface area contributed by atoms with Gasteiger partial charge in [0.05, 0.1) is 15.6 Å². The van der Waals surface area contributed by atoms with E-state index in [2.05, 4.69) is 25.9 Å². The van der Waals surface area contributed by atoms with Crippen LogP contribution in [-0.4, -0.2) is 34.0 Å². The fourth-order valence-corrected chi connectivity index (χ4v) is 3.81. The third kappa shape index (κ3) is 4.79. The lowest BCUT2D eigenvalue weighted by atomic mass is 10.2. The molecule has 0 fully saturated rings. The molecular weight excluding hydrogens is 398 g/mol. The maximum absolute atomic E-state index is 12.8. The molecule has 11 nitrogen and oxygen atoms in total. The first-order chi connectivity index (χ1) is 13.9. The molecule has 0 amide bonds. The minimum absolute atomic E-state index is 0.000973. The molecule has 1 aromatic heterocycles. The van der Waals surface area contributed by atoms with Crippen molar-refractivity contribution in [3.05, 3.63) is 76.2 Å². The van der Waals surface area contributed by atoms with E-state index in [1.165, 1.54) is 12.3 Å². The van der Waals surface area contributed by atoms with Gasteiger partial charge in [0.15, 0.2) is 9.84 Å². The topological polar surface area (TPSA) is 168 Å². The molecule has 29 heavy (non-hydrogen) atoms. The number of nitrogens with zero attached hydrogens (tertiary/aromatic N) is 5. The molecule has 0 bridgehead atoms. The first-order valence-corrected chi connectivity index (χ1v) is 9.71. The molecule has 0 saturated heterocycles. The Balaban J connectivity index is 1.96. The lowest BCUT2D eigenvalue weighted by Crippen LogP contribution is -2.06. The predicted octanol–water partition coefficient (Wildman–Crippen LogP) is 2.06. The van der Waals surface area contributed by atoms with Gasteiger partial charge in [-0.25, -0.2) is 8.42 Å². The van der Waals surface area contributed by atoms with Crippen molar-refractivity contribution in [2.45, 2.75) is 10.6 Å². The van der Waals surface area contributed by atoms with Gasteiger partial charge in [0.2, 0.25) is 5.82 Å². The number of nitrogens with one attached hydrogen (secondary N) is 2. The number of benzene rings is 2. The van der Waals surface area contributed by atoms with Gasteiger partial charge in [-0.15, -0.1) is 10.2 Å². The molecule has 0 spiro atoms. The van der Waals surface area contributed by atoms with Gasteiger partial charge in [0.1, 0.15) is 11.6 Å². The molecule has 146 valence electrons. The smallest absolute Gasteiger partial charge is 0.272 e. The summed E-state index contributed by atoms with van der Waals surface area (Å²) in [7, 11) is -3.85. The Bertz CT molecular complexity index is 1200. The molecule has 1 heterocycles. The number of hydrogen-bond donors (Lipinski definition) is 2. The minimum Gasteiger partial charge on any atom is -0.360 e. The van der Waals surface area contributed by atoms with Crippen molar-refractivity contribution in [3.8, 4) is 6.07 Å². The van der Waals surface area contributed by atoms with Gasteiger partial charge < -0.3 is 5.32 Å². The van der Waals surface area contributed by atoms with Crippen LogP contribution in [0.5, 0.6) is 0 Å². The number of anilines is 1. The lowest BCUT2D eigenvalue weighted by molar-refractivity contribution is -0.385. The minimum atomic E-state index is -3.85. The summed E-state index contributed by atoms with van der Waals surface area (Å²) in [6, 6.07) is 13.7. The molecule has 0 aliphatic carbocycles. The summed E-state index contributed by atoms with van der Waals surface area (Å²) in [5.74, 6) is -0.293. The zero-order valence-corrected chi connectivity index (χ0v) is 15.5. The second-order valence-electron chi connectivity index (χ2n) is 5.77. The second-order valence-corrected chi connectivity index (χ2v) is 7.76. The van der Waals surface area contributed by atoms with E-state index in [1.54, 1.807) is 30.3 Å². The van der Waals surface area contributed by atoms with E-state index in [0.717, 1.165) is 12.1 Å². The third-order valence-corrected chi connectivity index (χ3v) is 5.42. The van der Waals surface area contributed by atoms with Crippen LogP contribution < -0.4 is 5.32 Å². The Hall–Kier alpha value is -4.11. The van der Waals surface area contributed by atoms with E-state index >= 15 is 0 Å². The summed E-state index contributed by atoms with van der Waals surface area (Å²) in [6.07, 6.45) is 1.21. The normalized spacial score (nSPS) is 11.6. The summed E-state index contributed by atoms with van der Waals surface area (Å²) in [5, 5.41) is 36.0. The molecule has 0 radical (unpaired) electrons. The summed E-state index contributed by atoms with van der Waals surface area (Å²) >= 11 is 0. The van der Waals surface area contributed by atoms with Gasteiger partial charge in [-0.1, -0.05) is 30.3 Å². The number of nitro groups is 1. The van der Waals surface area contributed by atoms with Crippen molar-refractivity contribution in [2.75, 3.05) is 5.32 Å². The molecule has 3 rings (SSSR count). The first kappa shape index (κ1) is 19.6. The Morgan fingerprint density at radius 2 is 2.03 bits per heavy atom. The molecule has 2 aromatic carbocycles. The highest BCUT2D eigenvalue weighted by molar-refractivity contribution is 7.90. The molecule has 0 aliphatic heterocycles. The van der Waals surface area contributed by atoms with Gasteiger partial charge in [0.25, 0.3) is 5.69 Å². The maximum atomic E-state index is 12.8. The average molecular weight is 411 g/mol. The largest absolute Gasteiger partial charge is 0.360 e. The summed E-state index contributed by atoms with van der Waals surface area (Å²) in [4.78, 5) is 10.3. The van der Waals surface area contributed by atoms with Crippen LogP contribution in [0.15, 0.2) is 59.6 Å². The van der Waals surface area contributed by atoms with Crippen molar-refractivity contribution in [3.63, 3.8) is 0 Å². The fourth-order valence-electron chi connectivity index (χ4n) is 2.41. The third-order valence-electron chi connectivity index (χ3n) is 3.75. The number of sulfone groups is 1. The average Bonchev–Trinajstić information content (AvgIpc) is 3.23. The van der Waals surface area contributed by atoms with Crippen LogP contribution >= 0.6 is 0 Å². The number of aromatic amines is 1. The Morgan fingerprint density at radius 3 is 2.66 bits per heavy atom. The molecule has 0 saturated carbocycles. The summed E-state index contributed by atoms with van der Waals surface area (Å²) in [6.45, 7) is 0. The fraction of sp³-hybridized carbons (Fsp3) is 0.0588. The SMILES string of the molecule is N#CC(=CNc1cc([N+](=O)[O-])cc(S(=O)(=O)Cc2ccccc2)c1)c1nn[nH]n1. The summed E-state index contributed by atoms with van der Waals surface area (Å²) in [5.41, 5.74) is 0.256. The standard InChI is InChI=1S/C17H13N7O4S/c18-9-13(17-20-22-23-21-17)10-19-14-6-15(24(25)26)8-16(7-14)29(27,28)11-12-4-2-1-3-5-12/h1-8,10,19H,11H2,(H,20,21,22,23). The monoisotopic (exact) mass is 411 g/mol. The van der Waals surface area contributed by atoms with Gasteiger partial charge in [-0.2, -0.15) is 10.5 Å². The highest BCUT2D eigenvalue weighted by atomic mass is 32.2. The predicted molar refractivity (Wildman–Crippen MR) is 102 cm³/mol. The van der Waals surface area contributed by atoms with Crippen LogP contribution in [0.25, 0.3) is 5.57 Å². The van der Waals surface area contributed by atoms with Crippen molar-refractivity contribution in [1.82, 2.24) is 20.6 Å². The quantitative estimate of drug-likeness (QED) is 0.336. The number of nitriles is 1. The van der Waals surface area contributed by atoms with E-state index in [-0.39, 0.29) is 27.7 Å². The molecule has 0 atom stereocenters. The van der Waals surface area contributed by atoms with Crippen molar-refractivity contribution in [2.24, 2.45) is 0 Å². The van der Waals surface area contributed by atoms with Crippen LogP contribution in [0.1, 0.15) is 11.4 Å². The number of tetrazole rings is 1. The zero-order chi connectivity index (χ0) is 20.9. The van der Waals surface area contributed by atoms with E-state index in [1.807, 2.05) is 6.07 Å². The van der Waals surface area contributed by atoms with E-state index < -0.39 is 20.4 Å². The molecular formula is C17H13N7O4S. The van der Waals surface area contributed by atoms with Gasteiger partial charge in [-0.05, 0) is 16.8 Å². The van der Waals surface area contributed by atoms with Gasteiger partial charge in [-0.3, -0.25) is 10.1 Å². The van der Waals surface area contributed by atoms with Crippen LogP contribution in [-0.2, 0) is 15.6 Å². The summed E-state index contributed by atoms with van der Waals surface area (Å²) < 4.78 is 25.5. The maximum Gasteiger partial charge on any atom is 0.272 e. The van der Waals surface area contributed by atoms with Crippen LogP contribution in [0, 0.1) is 21.4 Å². The Kier molecular flexibility index (Phi) is 5.61. The van der Waals surface area contributed by atoms with Crippen LogP contribution in [0.3, 0.4) is 0 Å². The number of non-ortho nitro benzene ring substituents is 1. The number of hydrogen-bond acceptors (Lipinski definition) is 9. The number of rotatable bonds is 7. The number of aromatic nitrogens is 4. The zero-order valence-electron chi connectivity index (χ0n) is 14.7. The van der Waals surface area contributed by atoms with E-state index in [0.29, 0.717) is 5.56 Å². The van der Waals surface area contributed by atoms with Crippen LogP contribution in [0.4, 0.5) is 11.4 Å². The highest BCUT2D eigenvalue weighted by Crippen LogP contribution is 2.27. The number of H-pyrrole nitrogens is 1. The Morgan fingerprint density at radius 1 is 1.28 bits per heavy atom. The van der Waals surface area contributed by atoms with Gasteiger partial charge >= 0.3 is 0 Å². The highest BCUT2D eigenvalue weighted by Gasteiger charge is 2.20. The second kappa shape index (κ2) is 8.28.